The lowest BCUT2D eigenvalue weighted by molar-refractivity contribution is 0.189. The minimum Gasteiger partial charge on any atom is -0.316 e. The van der Waals surface area contributed by atoms with Crippen molar-refractivity contribution in [3.8, 4) is 0 Å². The summed E-state index contributed by atoms with van der Waals surface area (Å²) in [6, 6.07) is 7.21. The maximum atomic E-state index is 13.4. The van der Waals surface area contributed by atoms with Crippen LogP contribution in [0.15, 0.2) is 24.3 Å². The third-order valence-electron chi connectivity index (χ3n) is 4.67. The van der Waals surface area contributed by atoms with Gasteiger partial charge < -0.3 is 5.32 Å². The number of rotatable bonds is 1. The van der Waals surface area contributed by atoms with Crippen molar-refractivity contribution in [2.24, 2.45) is 5.41 Å². The van der Waals surface area contributed by atoms with Gasteiger partial charge in [0.15, 0.2) is 0 Å². The average Bonchev–Trinajstić information content (AvgIpc) is 2.73. The van der Waals surface area contributed by atoms with Gasteiger partial charge in [-0.15, -0.1) is 0 Å². The van der Waals surface area contributed by atoms with Crippen molar-refractivity contribution >= 4 is 0 Å². The molecule has 1 saturated heterocycles. The SMILES string of the molecule is Fc1cccc(C2CNCC23CCCCC3)c1. The van der Waals surface area contributed by atoms with Crippen LogP contribution < -0.4 is 5.32 Å². The number of halogens is 1. The molecule has 1 aliphatic carbocycles. The Bertz CT molecular complexity index is 396. The van der Waals surface area contributed by atoms with Gasteiger partial charge in [0.1, 0.15) is 5.82 Å². The van der Waals surface area contributed by atoms with E-state index in [2.05, 4.69) is 11.4 Å². The molecule has 1 atom stereocenters. The molecule has 1 nitrogen and oxygen atoms in total. The van der Waals surface area contributed by atoms with Crippen molar-refractivity contribution in [1.82, 2.24) is 5.32 Å². The summed E-state index contributed by atoms with van der Waals surface area (Å²) in [5.41, 5.74) is 1.60. The molecule has 1 N–H and O–H groups in total. The molecule has 1 saturated carbocycles. The normalized spacial score (nSPS) is 27.5. The maximum Gasteiger partial charge on any atom is 0.123 e. The highest BCUT2D eigenvalue weighted by Gasteiger charge is 2.43. The lowest BCUT2D eigenvalue weighted by Gasteiger charge is -2.38. The summed E-state index contributed by atoms with van der Waals surface area (Å²) in [6.45, 7) is 2.14. The molecule has 1 aliphatic heterocycles. The Kier molecular flexibility index (Phi) is 2.91. The molecule has 2 heteroatoms. The second kappa shape index (κ2) is 4.41. The van der Waals surface area contributed by atoms with E-state index in [9.17, 15) is 4.39 Å². The molecule has 17 heavy (non-hydrogen) atoms. The lowest BCUT2D eigenvalue weighted by Crippen LogP contribution is -2.31. The second-order valence-electron chi connectivity index (χ2n) is 5.66. The zero-order valence-electron chi connectivity index (χ0n) is 10.2. The third kappa shape index (κ3) is 1.99. The number of benzene rings is 1. The van der Waals surface area contributed by atoms with Crippen LogP contribution in [0.1, 0.15) is 43.6 Å². The fourth-order valence-electron chi connectivity index (χ4n) is 3.78. The van der Waals surface area contributed by atoms with Crippen molar-refractivity contribution < 1.29 is 4.39 Å². The van der Waals surface area contributed by atoms with E-state index in [0.29, 0.717) is 11.3 Å². The summed E-state index contributed by atoms with van der Waals surface area (Å²) in [5, 5.41) is 3.53. The number of hydrogen-bond acceptors (Lipinski definition) is 1. The molecule has 1 aromatic rings. The molecular weight excluding hydrogens is 213 g/mol. The molecule has 0 bridgehead atoms. The Morgan fingerprint density at radius 3 is 2.76 bits per heavy atom. The van der Waals surface area contributed by atoms with Gasteiger partial charge in [-0.25, -0.2) is 4.39 Å². The molecule has 92 valence electrons. The van der Waals surface area contributed by atoms with Crippen LogP contribution in [0.5, 0.6) is 0 Å². The summed E-state index contributed by atoms with van der Waals surface area (Å²) in [7, 11) is 0. The molecule has 2 aliphatic rings. The second-order valence-corrected chi connectivity index (χ2v) is 5.66. The number of nitrogens with one attached hydrogen (secondary N) is 1. The quantitative estimate of drug-likeness (QED) is 0.783. The highest BCUT2D eigenvalue weighted by molar-refractivity contribution is 5.26. The molecular formula is C15H20FN. The fraction of sp³-hybridized carbons (Fsp3) is 0.600. The minimum atomic E-state index is -0.0969. The van der Waals surface area contributed by atoms with Crippen LogP contribution in [-0.2, 0) is 0 Å². The predicted molar refractivity (Wildman–Crippen MR) is 67.5 cm³/mol. The fourth-order valence-corrected chi connectivity index (χ4v) is 3.78. The Morgan fingerprint density at radius 2 is 2.00 bits per heavy atom. The lowest BCUT2D eigenvalue weighted by atomic mass is 9.66. The van der Waals surface area contributed by atoms with Crippen LogP contribution in [-0.4, -0.2) is 13.1 Å². The molecule has 0 aromatic heterocycles. The van der Waals surface area contributed by atoms with E-state index in [-0.39, 0.29) is 5.82 Å². The van der Waals surface area contributed by atoms with Crippen molar-refractivity contribution in [3.63, 3.8) is 0 Å². The van der Waals surface area contributed by atoms with E-state index < -0.39 is 0 Å². The first-order valence-electron chi connectivity index (χ1n) is 6.76. The van der Waals surface area contributed by atoms with Gasteiger partial charge in [-0.1, -0.05) is 31.4 Å². The van der Waals surface area contributed by atoms with Crippen molar-refractivity contribution in [2.45, 2.75) is 38.0 Å². The third-order valence-corrected chi connectivity index (χ3v) is 4.67. The summed E-state index contributed by atoms with van der Waals surface area (Å²) >= 11 is 0. The van der Waals surface area contributed by atoms with Gasteiger partial charge in [0, 0.05) is 19.0 Å². The van der Waals surface area contributed by atoms with Crippen LogP contribution in [0.2, 0.25) is 0 Å². The Hall–Kier alpha value is -0.890. The summed E-state index contributed by atoms with van der Waals surface area (Å²) < 4.78 is 13.4. The summed E-state index contributed by atoms with van der Waals surface area (Å²) in [4.78, 5) is 0. The molecule has 2 fully saturated rings. The smallest absolute Gasteiger partial charge is 0.123 e. The van der Waals surface area contributed by atoms with E-state index >= 15 is 0 Å². The summed E-state index contributed by atoms with van der Waals surface area (Å²) in [5.74, 6) is 0.416. The first kappa shape index (κ1) is 11.2. The van der Waals surface area contributed by atoms with Crippen LogP contribution in [0.4, 0.5) is 4.39 Å². The van der Waals surface area contributed by atoms with Gasteiger partial charge in [0.25, 0.3) is 0 Å². The Labute approximate surface area is 102 Å². The highest BCUT2D eigenvalue weighted by atomic mass is 19.1. The van der Waals surface area contributed by atoms with Gasteiger partial charge in [-0.2, -0.15) is 0 Å². The molecule has 0 amide bonds. The Morgan fingerprint density at radius 1 is 1.18 bits per heavy atom. The molecule has 1 unspecified atom stereocenters. The van der Waals surface area contributed by atoms with Gasteiger partial charge in [0.2, 0.25) is 0 Å². The topological polar surface area (TPSA) is 12.0 Å². The van der Waals surface area contributed by atoms with E-state index in [1.165, 1.54) is 37.7 Å². The molecule has 1 spiro atoms. The van der Waals surface area contributed by atoms with Crippen molar-refractivity contribution in [2.75, 3.05) is 13.1 Å². The van der Waals surface area contributed by atoms with Gasteiger partial charge in [0.05, 0.1) is 0 Å². The van der Waals surface area contributed by atoms with E-state index in [4.69, 9.17) is 0 Å². The van der Waals surface area contributed by atoms with Crippen molar-refractivity contribution in [1.29, 1.82) is 0 Å². The van der Waals surface area contributed by atoms with E-state index in [1.54, 1.807) is 12.1 Å². The maximum absolute atomic E-state index is 13.4. The van der Waals surface area contributed by atoms with Crippen LogP contribution >= 0.6 is 0 Å². The van der Waals surface area contributed by atoms with E-state index in [0.717, 1.165) is 13.1 Å². The molecule has 3 rings (SSSR count). The highest BCUT2D eigenvalue weighted by Crippen LogP contribution is 2.49. The zero-order chi connectivity index (χ0) is 11.7. The molecule has 1 heterocycles. The predicted octanol–water partition coefficient (Wildman–Crippen LogP) is 3.46. The van der Waals surface area contributed by atoms with Gasteiger partial charge in [-0.3, -0.25) is 0 Å². The summed E-state index contributed by atoms with van der Waals surface area (Å²) in [6.07, 6.45) is 6.67. The largest absolute Gasteiger partial charge is 0.316 e. The zero-order valence-corrected chi connectivity index (χ0v) is 10.2. The first-order chi connectivity index (χ1) is 8.30. The van der Waals surface area contributed by atoms with Gasteiger partial charge in [-0.05, 0) is 36.0 Å². The van der Waals surface area contributed by atoms with Gasteiger partial charge >= 0.3 is 0 Å². The molecule has 0 radical (unpaired) electrons. The number of hydrogen-bond donors (Lipinski definition) is 1. The van der Waals surface area contributed by atoms with Crippen molar-refractivity contribution in [3.05, 3.63) is 35.6 Å². The first-order valence-corrected chi connectivity index (χ1v) is 6.76. The minimum absolute atomic E-state index is 0.0969. The monoisotopic (exact) mass is 233 g/mol. The van der Waals surface area contributed by atoms with Crippen LogP contribution in [0.3, 0.4) is 0 Å². The van der Waals surface area contributed by atoms with Crippen LogP contribution in [0, 0.1) is 11.2 Å². The Balaban J connectivity index is 1.91. The average molecular weight is 233 g/mol. The van der Waals surface area contributed by atoms with E-state index in [1.807, 2.05) is 6.07 Å². The molecule has 1 aromatic carbocycles. The van der Waals surface area contributed by atoms with Crippen LogP contribution in [0.25, 0.3) is 0 Å². The standard InChI is InChI=1S/C15H20FN/c16-13-6-4-5-12(9-13)14-10-17-11-15(14)7-2-1-3-8-15/h4-6,9,14,17H,1-3,7-8,10-11H2.